The van der Waals surface area contributed by atoms with Crippen LogP contribution in [0.3, 0.4) is 0 Å². The molecule has 0 saturated heterocycles. The Hall–Kier alpha value is -3.78. The van der Waals surface area contributed by atoms with Crippen LogP contribution in [0.4, 0.5) is 17.1 Å². The van der Waals surface area contributed by atoms with Crippen LogP contribution in [0.25, 0.3) is 0 Å². The summed E-state index contributed by atoms with van der Waals surface area (Å²) in [6, 6.07) is 26.5. The quantitative estimate of drug-likeness (QED) is 0.444. The van der Waals surface area contributed by atoms with Gasteiger partial charge in [0.1, 0.15) is 12.1 Å². The molecule has 5 nitrogen and oxygen atoms in total. The van der Waals surface area contributed by atoms with Crippen molar-refractivity contribution in [1.29, 1.82) is 5.26 Å². The van der Waals surface area contributed by atoms with Gasteiger partial charge in [-0.2, -0.15) is 5.26 Å². The second-order valence-electron chi connectivity index (χ2n) is 7.79. The molecular formula is C26H27N3O2. The van der Waals surface area contributed by atoms with Crippen LogP contribution >= 0.6 is 0 Å². The highest BCUT2D eigenvalue weighted by atomic mass is 16.5. The molecule has 0 radical (unpaired) electrons. The predicted molar refractivity (Wildman–Crippen MR) is 124 cm³/mol. The summed E-state index contributed by atoms with van der Waals surface area (Å²) < 4.78 is 5.62. The third-order valence-corrected chi connectivity index (χ3v) is 4.90. The second kappa shape index (κ2) is 10.3. The first-order valence-electron chi connectivity index (χ1n) is 10.3. The number of rotatable bonds is 8. The van der Waals surface area contributed by atoms with E-state index in [-0.39, 0.29) is 5.92 Å². The lowest BCUT2D eigenvalue weighted by Gasteiger charge is -2.23. The standard InChI is InChI=1S/C26H27N3O2/c1-18(2)25(29-22-14-12-19(3)13-15-22)26(30)31-24(17-27)20-8-7-11-23(16-20)28-21-9-5-4-6-10-21/h4-16,18,24-25,28-29H,1-3H3. The topological polar surface area (TPSA) is 74.1 Å². The van der Waals surface area contributed by atoms with Crippen molar-refractivity contribution in [2.45, 2.75) is 32.9 Å². The first-order chi connectivity index (χ1) is 15.0. The second-order valence-corrected chi connectivity index (χ2v) is 7.79. The van der Waals surface area contributed by atoms with Crippen LogP contribution in [0.15, 0.2) is 78.9 Å². The molecule has 0 aliphatic carbocycles. The smallest absolute Gasteiger partial charge is 0.330 e. The summed E-state index contributed by atoms with van der Waals surface area (Å²) >= 11 is 0. The number of hydrogen-bond donors (Lipinski definition) is 2. The highest BCUT2D eigenvalue weighted by Gasteiger charge is 2.27. The van der Waals surface area contributed by atoms with Gasteiger partial charge < -0.3 is 15.4 Å². The van der Waals surface area contributed by atoms with Crippen molar-refractivity contribution >= 4 is 23.0 Å². The van der Waals surface area contributed by atoms with Gasteiger partial charge in [0.2, 0.25) is 6.10 Å². The Morgan fingerprint density at radius 1 is 0.903 bits per heavy atom. The molecule has 0 aliphatic rings. The van der Waals surface area contributed by atoms with Crippen LogP contribution in [0.1, 0.15) is 31.1 Å². The van der Waals surface area contributed by atoms with Crippen LogP contribution < -0.4 is 10.6 Å². The summed E-state index contributed by atoms with van der Waals surface area (Å²) in [5.74, 6) is -0.470. The number of carbonyl (C=O) groups is 1. The van der Waals surface area contributed by atoms with E-state index in [1.165, 1.54) is 0 Å². The first-order valence-corrected chi connectivity index (χ1v) is 10.3. The predicted octanol–water partition coefficient (Wildman–Crippen LogP) is 5.98. The molecule has 0 aromatic heterocycles. The zero-order valence-corrected chi connectivity index (χ0v) is 18.0. The maximum atomic E-state index is 12.9. The van der Waals surface area contributed by atoms with E-state index in [0.717, 1.165) is 22.6 Å². The fourth-order valence-electron chi connectivity index (χ4n) is 3.15. The number of anilines is 3. The van der Waals surface area contributed by atoms with Crippen LogP contribution in [-0.2, 0) is 9.53 Å². The highest BCUT2D eigenvalue weighted by Crippen LogP contribution is 2.25. The van der Waals surface area contributed by atoms with Crippen LogP contribution in [0.2, 0.25) is 0 Å². The van der Waals surface area contributed by atoms with Gasteiger partial charge in [0, 0.05) is 22.6 Å². The molecule has 2 unspecified atom stereocenters. The average molecular weight is 414 g/mol. The van der Waals surface area contributed by atoms with E-state index in [1.807, 2.05) is 93.6 Å². The molecule has 3 aromatic carbocycles. The Kier molecular flexibility index (Phi) is 7.29. The maximum Gasteiger partial charge on any atom is 0.330 e. The zero-order valence-electron chi connectivity index (χ0n) is 18.0. The van der Waals surface area contributed by atoms with Crippen molar-refractivity contribution in [3.8, 4) is 6.07 Å². The van der Waals surface area contributed by atoms with Crippen molar-refractivity contribution in [2.75, 3.05) is 10.6 Å². The molecule has 2 atom stereocenters. The molecule has 3 rings (SSSR count). The van der Waals surface area contributed by atoms with Gasteiger partial charge >= 0.3 is 5.97 Å². The summed E-state index contributed by atoms with van der Waals surface area (Å²) in [5, 5.41) is 16.2. The van der Waals surface area contributed by atoms with Crippen LogP contribution in [0, 0.1) is 24.2 Å². The van der Waals surface area contributed by atoms with E-state index < -0.39 is 18.1 Å². The lowest BCUT2D eigenvalue weighted by atomic mass is 10.0. The van der Waals surface area contributed by atoms with Gasteiger partial charge in [-0.05, 0) is 49.2 Å². The minimum Gasteiger partial charge on any atom is -0.440 e. The number of esters is 1. The van der Waals surface area contributed by atoms with Crippen molar-refractivity contribution in [3.63, 3.8) is 0 Å². The lowest BCUT2D eigenvalue weighted by molar-refractivity contribution is -0.148. The van der Waals surface area contributed by atoms with Gasteiger partial charge in [-0.1, -0.05) is 61.9 Å². The number of aryl methyl sites for hydroxylation is 1. The summed E-state index contributed by atoms with van der Waals surface area (Å²) in [6.45, 7) is 5.90. The zero-order chi connectivity index (χ0) is 22.2. The average Bonchev–Trinajstić information content (AvgIpc) is 2.77. The largest absolute Gasteiger partial charge is 0.440 e. The van der Waals surface area contributed by atoms with Gasteiger partial charge in [0.25, 0.3) is 0 Å². The number of ether oxygens (including phenoxy) is 1. The number of nitriles is 1. The Morgan fingerprint density at radius 2 is 1.58 bits per heavy atom. The van der Waals surface area contributed by atoms with Crippen molar-refractivity contribution in [3.05, 3.63) is 90.0 Å². The van der Waals surface area contributed by atoms with E-state index in [2.05, 4.69) is 16.7 Å². The van der Waals surface area contributed by atoms with Gasteiger partial charge in [0.05, 0.1) is 0 Å². The van der Waals surface area contributed by atoms with Crippen molar-refractivity contribution in [1.82, 2.24) is 0 Å². The van der Waals surface area contributed by atoms with Gasteiger partial charge in [-0.3, -0.25) is 0 Å². The summed E-state index contributed by atoms with van der Waals surface area (Å²) in [6.07, 6.45) is -0.994. The third-order valence-electron chi connectivity index (χ3n) is 4.90. The minimum atomic E-state index is -0.994. The molecular weight excluding hydrogens is 386 g/mol. The molecule has 31 heavy (non-hydrogen) atoms. The highest BCUT2D eigenvalue weighted by molar-refractivity contribution is 5.80. The van der Waals surface area contributed by atoms with Crippen molar-refractivity contribution < 1.29 is 9.53 Å². The number of nitrogens with zero attached hydrogens (tertiary/aromatic N) is 1. The van der Waals surface area contributed by atoms with E-state index in [1.54, 1.807) is 6.07 Å². The van der Waals surface area contributed by atoms with E-state index in [9.17, 15) is 10.1 Å². The van der Waals surface area contributed by atoms with Crippen LogP contribution in [0.5, 0.6) is 0 Å². The molecule has 0 aliphatic heterocycles. The summed E-state index contributed by atoms with van der Waals surface area (Å²) in [5.41, 5.74) is 4.35. The fraction of sp³-hybridized carbons (Fsp3) is 0.231. The Morgan fingerprint density at radius 3 is 2.23 bits per heavy atom. The maximum absolute atomic E-state index is 12.9. The number of nitrogens with one attached hydrogen (secondary N) is 2. The normalized spacial score (nSPS) is 12.5. The Bertz CT molecular complexity index is 1040. The molecule has 3 aromatic rings. The van der Waals surface area contributed by atoms with Crippen LogP contribution in [-0.4, -0.2) is 12.0 Å². The molecule has 0 saturated carbocycles. The van der Waals surface area contributed by atoms with Gasteiger partial charge in [-0.25, -0.2) is 4.79 Å². The number of benzene rings is 3. The lowest BCUT2D eigenvalue weighted by Crippen LogP contribution is -2.36. The van der Waals surface area contributed by atoms with Crippen molar-refractivity contribution in [2.24, 2.45) is 5.92 Å². The number of carbonyl (C=O) groups excluding carboxylic acids is 1. The fourth-order valence-corrected chi connectivity index (χ4v) is 3.15. The van der Waals surface area contributed by atoms with E-state index in [4.69, 9.17) is 4.74 Å². The molecule has 0 bridgehead atoms. The Labute approximate surface area is 183 Å². The Balaban J connectivity index is 1.73. The molecule has 2 N–H and O–H groups in total. The molecule has 158 valence electrons. The number of hydrogen-bond acceptors (Lipinski definition) is 5. The monoisotopic (exact) mass is 413 g/mol. The SMILES string of the molecule is Cc1ccc(NC(C(=O)OC(C#N)c2cccc(Nc3ccccc3)c2)C(C)C)cc1. The minimum absolute atomic E-state index is 0.0146. The van der Waals surface area contributed by atoms with E-state index >= 15 is 0 Å². The van der Waals surface area contributed by atoms with Gasteiger partial charge in [-0.15, -0.1) is 0 Å². The molecule has 0 heterocycles. The summed E-state index contributed by atoms with van der Waals surface area (Å²) in [4.78, 5) is 12.9. The molecule has 5 heteroatoms. The molecule has 0 fully saturated rings. The third kappa shape index (κ3) is 6.10. The molecule has 0 spiro atoms. The first kappa shape index (κ1) is 21.9. The van der Waals surface area contributed by atoms with E-state index in [0.29, 0.717) is 5.56 Å². The molecule has 0 amide bonds. The number of para-hydroxylation sites is 1. The van der Waals surface area contributed by atoms with Gasteiger partial charge in [0.15, 0.2) is 0 Å². The summed E-state index contributed by atoms with van der Waals surface area (Å²) in [7, 11) is 0.